The second-order valence-electron chi connectivity index (χ2n) is 6.07. The summed E-state index contributed by atoms with van der Waals surface area (Å²) in [5.41, 5.74) is 1.79. The monoisotopic (exact) mass is 359 g/mol. The fraction of sp³-hybridized carbons (Fsp3) is 0.333. The quantitative estimate of drug-likeness (QED) is 0.792. The van der Waals surface area contributed by atoms with E-state index in [1.165, 1.54) is 4.31 Å². The number of carbonyl (C=O) groups excluding carboxylic acids is 1. The van der Waals surface area contributed by atoms with Gasteiger partial charge in [-0.25, -0.2) is 12.7 Å². The van der Waals surface area contributed by atoms with Crippen molar-refractivity contribution >= 4 is 21.6 Å². The lowest BCUT2D eigenvalue weighted by Crippen LogP contribution is -2.29. The predicted octanol–water partition coefficient (Wildman–Crippen LogP) is 2.07. The number of likely N-dealkylation sites (N-methyl/N-ethyl adjacent to an activating group) is 1. The first-order chi connectivity index (χ1) is 12.0. The molecular weight excluding hydrogens is 338 g/mol. The standard InChI is InChI=1S/C18H21N3O3S/c1-20(14-10-15-8-11-19-12-9-15)25(23,24)17-6-4-16(5-7-17)21-13-2-3-18(21)22/h4-9,11-12H,2-3,10,13-14H2,1H3. The molecule has 7 heteroatoms. The van der Waals surface area contributed by atoms with Crippen molar-refractivity contribution in [3.05, 3.63) is 54.4 Å². The minimum absolute atomic E-state index is 0.0880. The van der Waals surface area contributed by atoms with Crippen molar-refractivity contribution in [2.24, 2.45) is 0 Å². The van der Waals surface area contributed by atoms with Crippen LogP contribution in [0.2, 0.25) is 0 Å². The lowest BCUT2D eigenvalue weighted by Gasteiger charge is -2.19. The van der Waals surface area contributed by atoms with Crippen molar-refractivity contribution in [1.29, 1.82) is 0 Å². The average molecular weight is 359 g/mol. The van der Waals surface area contributed by atoms with Gasteiger partial charge in [-0.1, -0.05) is 0 Å². The van der Waals surface area contributed by atoms with E-state index in [1.807, 2.05) is 12.1 Å². The lowest BCUT2D eigenvalue weighted by molar-refractivity contribution is -0.117. The predicted molar refractivity (Wildman–Crippen MR) is 95.8 cm³/mol. The maximum Gasteiger partial charge on any atom is 0.242 e. The average Bonchev–Trinajstić information content (AvgIpc) is 3.06. The van der Waals surface area contributed by atoms with E-state index in [1.54, 1.807) is 48.6 Å². The van der Waals surface area contributed by atoms with Gasteiger partial charge in [-0.2, -0.15) is 0 Å². The molecule has 2 heterocycles. The highest BCUT2D eigenvalue weighted by Gasteiger charge is 2.24. The largest absolute Gasteiger partial charge is 0.312 e. The van der Waals surface area contributed by atoms with Crippen LogP contribution in [0.3, 0.4) is 0 Å². The number of hydrogen-bond donors (Lipinski definition) is 0. The second-order valence-corrected chi connectivity index (χ2v) is 8.12. The maximum atomic E-state index is 12.7. The number of sulfonamides is 1. The van der Waals surface area contributed by atoms with Gasteiger partial charge in [0.15, 0.2) is 0 Å². The Balaban J connectivity index is 1.69. The number of anilines is 1. The molecule has 1 aliphatic rings. The SMILES string of the molecule is CN(CCc1ccncc1)S(=O)(=O)c1ccc(N2CCCC2=O)cc1. The van der Waals surface area contributed by atoms with Gasteiger partial charge >= 0.3 is 0 Å². The lowest BCUT2D eigenvalue weighted by atomic mass is 10.2. The Morgan fingerprint density at radius 3 is 2.40 bits per heavy atom. The Kier molecular flexibility index (Phi) is 5.15. The summed E-state index contributed by atoms with van der Waals surface area (Å²) in [5, 5.41) is 0. The number of rotatable bonds is 6. The molecule has 0 aliphatic carbocycles. The van der Waals surface area contributed by atoms with Crippen molar-refractivity contribution in [2.45, 2.75) is 24.2 Å². The minimum atomic E-state index is -3.55. The second kappa shape index (κ2) is 7.33. The molecule has 2 aromatic rings. The first-order valence-electron chi connectivity index (χ1n) is 8.24. The normalized spacial score (nSPS) is 15.1. The molecule has 25 heavy (non-hydrogen) atoms. The van der Waals surface area contributed by atoms with E-state index in [-0.39, 0.29) is 10.8 Å². The van der Waals surface area contributed by atoms with Gasteiger partial charge in [-0.15, -0.1) is 0 Å². The zero-order valence-electron chi connectivity index (χ0n) is 14.1. The first kappa shape index (κ1) is 17.6. The van der Waals surface area contributed by atoms with E-state index in [0.717, 1.165) is 17.7 Å². The Morgan fingerprint density at radius 2 is 1.80 bits per heavy atom. The van der Waals surface area contributed by atoms with Crippen LogP contribution < -0.4 is 4.90 Å². The van der Waals surface area contributed by atoms with Crippen LogP contribution in [0.15, 0.2) is 53.7 Å². The first-order valence-corrected chi connectivity index (χ1v) is 9.68. The third-order valence-electron chi connectivity index (χ3n) is 4.39. The molecule has 0 saturated carbocycles. The summed E-state index contributed by atoms with van der Waals surface area (Å²) in [4.78, 5) is 17.7. The summed E-state index contributed by atoms with van der Waals surface area (Å²) in [6, 6.07) is 10.3. The molecule has 1 aliphatic heterocycles. The Labute approximate surface area is 148 Å². The molecule has 0 spiro atoms. The van der Waals surface area contributed by atoms with Crippen LogP contribution in [-0.2, 0) is 21.2 Å². The van der Waals surface area contributed by atoms with Gasteiger partial charge in [0, 0.05) is 44.6 Å². The Hall–Kier alpha value is -2.25. The van der Waals surface area contributed by atoms with Crippen LogP contribution in [0, 0.1) is 0 Å². The van der Waals surface area contributed by atoms with Gasteiger partial charge in [0.2, 0.25) is 15.9 Å². The van der Waals surface area contributed by atoms with Crippen LogP contribution in [0.1, 0.15) is 18.4 Å². The molecular formula is C18H21N3O3S. The maximum absolute atomic E-state index is 12.7. The summed E-state index contributed by atoms with van der Waals surface area (Å²) >= 11 is 0. The van der Waals surface area contributed by atoms with E-state index in [2.05, 4.69) is 4.98 Å². The third kappa shape index (κ3) is 3.88. The fourth-order valence-corrected chi connectivity index (χ4v) is 4.03. The molecule has 0 atom stereocenters. The summed E-state index contributed by atoms with van der Waals surface area (Å²) in [7, 11) is -1.97. The number of hydrogen-bond acceptors (Lipinski definition) is 4. The Morgan fingerprint density at radius 1 is 1.12 bits per heavy atom. The van der Waals surface area contributed by atoms with E-state index in [4.69, 9.17) is 0 Å². The number of carbonyl (C=O) groups is 1. The van der Waals surface area contributed by atoms with Crippen molar-refractivity contribution in [3.8, 4) is 0 Å². The summed E-state index contributed by atoms with van der Waals surface area (Å²) in [6.45, 7) is 1.08. The summed E-state index contributed by atoms with van der Waals surface area (Å²) in [6.07, 6.45) is 5.41. The highest BCUT2D eigenvalue weighted by atomic mass is 32.2. The van der Waals surface area contributed by atoms with E-state index < -0.39 is 10.0 Å². The molecule has 0 N–H and O–H groups in total. The van der Waals surface area contributed by atoms with Gasteiger partial charge in [-0.3, -0.25) is 9.78 Å². The highest BCUT2D eigenvalue weighted by molar-refractivity contribution is 7.89. The van der Waals surface area contributed by atoms with Crippen molar-refractivity contribution in [3.63, 3.8) is 0 Å². The van der Waals surface area contributed by atoms with Crippen LogP contribution in [0.4, 0.5) is 5.69 Å². The van der Waals surface area contributed by atoms with Gasteiger partial charge < -0.3 is 4.90 Å². The molecule has 1 amide bonds. The molecule has 1 fully saturated rings. The van der Waals surface area contributed by atoms with E-state index in [0.29, 0.717) is 25.9 Å². The molecule has 3 rings (SSSR count). The summed E-state index contributed by atoms with van der Waals surface area (Å²) in [5.74, 6) is 0.0880. The topological polar surface area (TPSA) is 70.6 Å². The number of benzene rings is 1. The third-order valence-corrected chi connectivity index (χ3v) is 6.27. The molecule has 0 radical (unpaired) electrons. The minimum Gasteiger partial charge on any atom is -0.312 e. The van der Waals surface area contributed by atoms with Gasteiger partial charge in [0.1, 0.15) is 0 Å². The highest BCUT2D eigenvalue weighted by Crippen LogP contribution is 2.24. The van der Waals surface area contributed by atoms with Crippen LogP contribution in [-0.4, -0.2) is 43.8 Å². The van der Waals surface area contributed by atoms with Crippen LogP contribution >= 0.6 is 0 Å². The van der Waals surface area contributed by atoms with E-state index >= 15 is 0 Å². The van der Waals surface area contributed by atoms with Crippen molar-refractivity contribution in [1.82, 2.24) is 9.29 Å². The molecule has 1 aromatic heterocycles. The number of amides is 1. The van der Waals surface area contributed by atoms with E-state index in [9.17, 15) is 13.2 Å². The molecule has 0 unspecified atom stereocenters. The van der Waals surface area contributed by atoms with Gasteiger partial charge in [-0.05, 0) is 54.8 Å². The van der Waals surface area contributed by atoms with Crippen LogP contribution in [0.5, 0.6) is 0 Å². The number of pyridine rings is 1. The fourth-order valence-electron chi connectivity index (χ4n) is 2.86. The molecule has 1 saturated heterocycles. The smallest absolute Gasteiger partial charge is 0.242 e. The van der Waals surface area contributed by atoms with Gasteiger partial charge in [0.05, 0.1) is 4.90 Å². The molecule has 132 valence electrons. The number of nitrogens with zero attached hydrogens (tertiary/aromatic N) is 3. The molecule has 1 aromatic carbocycles. The zero-order valence-corrected chi connectivity index (χ0v) is 14.9. The van der Waals surface area contributed by atoms with Crippen LogP contribution in [0.25, 0.3) is 0 Å². The molecule has 6 nitrogen and oxygen atoms in total. The summed E-state index contributed by atoms with van der Waals surface area (Å²) < 4.78 is 26.7. The Bertz CT molecular complexity index is 836. The number of aromatic nitrogens is 1. The van der Waals surface area contributed by atoms with Gasteiger partial charge in [0.25, 0.3) is 0 Å². The molecule has 0 bridgehead atoms. The van der Waals surface area contributed by atoms with Crippen molar-refractivity contribution < 1.29 is 13.2 Å². The van der Waals surface area contributed by atoms with Crippen molar-refractivity contribution in [2.75, 3.05) is 25.0 Å². The zero-order chi connectivity index (χ0) is 17.9.